The maximum atomic E-state index is 13.6. The van der Waals surface area contributed by atoms with Gasteiger partial charge in [0, 0.05) is 12.8 Å². The van der Waals surface area contributed by atoms with Crippen molar-refractivity contribution >= 4 is 19.7 Å². The van der Waals surface area contributed by atoms with Gasteiger partial charge in [0.25, 0.3) is 0 Å². The minimum Gasteiger partial charge on any atom is -0.456 e. The molecule has 0 aromatic carbocycles. The number of phosphoric acid groups is 1. The van der Waals surface area contributed by atoms with E-state index in [0.29, 0.717) is 17.4 Å². The van der Waals surface area contributed by atoms with Gasteiger partial charge in [-0.05, 0) is 63.9 Å². The molecule has 0 fully saturated rings. The highest BCUT2D eigenvalue weighted by Gasteiger charge is 2.30. The second-order valence-electron chi connectivity index (χ2n) is 25.8. The zero-order valence-electron chi connectivity index (χ0n) is 55.5. The summed E-state index contributed by atoms with van der Waals surface area (Å²) in [5, 5.41) is 3.07. The molecule has 0 saturated carbocycles. The fourth-order valence-corrected chi connectivity index (χ4v) is 11.5. The van der Waals surface area contributed by atoms with Crippen molar-refractivity contribution in [3.8, 4) is 0 Å². The van der Waals surface area contributed by atoms with E-state index in [1.54, 1.807) is 0 Å². The molecular formula is C72H140N2O7P+. The molecule has 0 aliphatic rings. The smallest absolute Gasteiger partial charge is 0.456 e. The summed E-state index contributed by atoms with van der Waals surface area (Å²) in [6, 6.07) is -0.848. The number of allylic oxidation sites excluding steroid dienone is 5. The number of quaternary nitrogens is 1. The Morgan fingerprint density at radius 2 is 0.744 bits per heavy atom. The highest BCUT2D eigenvalue weighted by Crippen LogP contribution is 2.43. The molecular weight excluding hydrogens is 1040 g/mol. The van der Waals surface area contributed by atoms with E-state index in [4.69, 9.17) is 13.8 Å². The molecule has 0 bridgehead atoms. The Labute approximate surface area is 510 Å². The fourth-order valence-electron chi connectivity index (χ4n) is 10.8. The van der Waals surface area contributed by atoms with Crippen LogP contribution in [0.4, 0.5) is 0 Å². The van der Waals surface area contributed by atoms with Crippen molar-refractivity contribution < 1.29 is 37.3 Å². The number of hydrogen-bond acceptors (Lipinski definition) is 6. The van der Waals surface area contributed by atoms with Gasteiger partial charge in [-0.1, -0.05) is 321 Å². The van der Waals surface area contributed by atoms with Crippen LogP contribution >= 0.6 is 7.82 Å². The van der Waals surface area contributed by atoms with Crippen LogP contribution in [0.2, 0.25) is 0 Å². The Bertz CT molecular complexity index is 1500. The number of nitrogens with one attached hydrogen (secondary N) is 1. The van der Waals surface area contributed by atoms with E-state index < -0.39 is 20.0 Å². The number of likely N-dealkylation sites (N-methyl/N-ethyl adjacent to an activating group) is 1. The topological polar surface area (TPSA) is 111 Å². The van der Waals surface area contributed by atoms with E-state index >= 15 is 0 Å². The summed E-state index contributed by atoms with van der Waals surface area (Å²) in [6.45, 7) is 7.04. The molecule has 9 nitrogen and oxygen atoms in total. The van der Waals surface area contributed by atoms with Crippen molar-refractivity contribution in [1.29, 1.82) is 0 Å². The monoisotopic (exact) mass is 1180 g/mol. The molecule has 3 atom stereocenters. The maximum absolute atomic E-state index is 13.6. The lowest BCUT2D eigenvalue weighted by atomic mass is 10.0. The second-order valence-corrected chi connectivity index (χ2v) is 27.2. The number of carbonyl (C=O) groups excluding carboxylic acids is 2. The number of phosphoric ester groups is 1. The van der Waals surface area contributed by atoms with Crippen molar-refractivity contribution in [2.45, 2.75) is 373 Å². The van der Waals surface area contributed by atoms with Gasteiger partial charge in [0.15, 0.2) is 0 Å². The SMILES string of the molecule is CCCCC/C=C\C/C=C\CCCCCCCCCC(=O)OC(/C=C\CCCCCCCCCCCC)C(COP(=O)(O)OCC[N+](C)(C)C)NC(=O)CCCCCCCCCCCCCCCCCCCCCCCCCCCCC. The van der Waals surface area contributed by atoms with Crippen LogP contribution in [-0.2, 0) is 27.9 Å². The van der Waals surface area contributed by atoms with Gasteiger partial charge in [-0.15, -0.1) is 0 Å². The standard InChI is InChI=1S/C72H139N2O7P/c1-7-10-13-16-19-22-25-28-30-32-33-34-35-36-37-38-39-40-41-43-44-46-49-52-55-58-61-64-71(75)73-69(68-80-82(77,78)79-67-66-74(4,5)6)70(63-60-57-54-51-48-27-24-21-18-15-12-9-3)81-72(76)65-62-59-56-53-50-47-45-42-31-29-26-23-20-17-14-11-8-2/h20,23,29,31,60,63,69-70H,7-19,21-22,24-28,30,32-59,61-62,64-68H2,1-6H3,(H-,73,75,77,78)/p+1/b23-20-,31-29-,63-60-. The van der Waals surface area contributed by atoms with Crippen molar-refractivity contribution in [3.63, 3.8) is 0 Å². The Morgan fingerprint density at radius 1 is 0.427 bits per heavy atom. The Morgan fingerprint density at radius 3 is 1.12 bits per heavy atom. The Hall–Kier alpha value is -1.77. The van der Waals surface area contributed by atoms with Gasteiger partial charge in [-0.3, -0.25) is 18.6 Å². The molecule has 1 amide bonds. The molecule has 0 spiro atoms. The lowest BCUT2D eigenvalue weighted by Gasteiger charge is -2.27. The predicted octanol–water partition coefficient (Wildman–Crippen LogP) is 22.6. The quantitative estimate of drug-likeness (QED) is 0.0205. The minimum atomic E-state index is -4.45. The molecule has 0 aliphatic heterocycles. The van der Waals surface area contributed by atoms with Crippen molar-refractivity contribution in [1.82, 2.24) is 5.32 Å². The highest BCUT2D eigenvalue weighted by atomic mass is 31.2. The third-order valence-electron chi connectivity index (χ3n) is 16.3. The zero-order valence-corrected chi connectivity index (χ0v) is 56.4. The van der Waals surface area contributed by atoms with Gasteiger partial charge in [0.05, 0.1) is 33.8 Å². The van der Waals surface area contributed by atoms with Crippen LogP contribution in [0.3, 0.4) is 0 Å². The van der Waals surface area contributed by atoms with Crippen molar-refractivity contribution in [2.75, 3.05) is 40.9 Å². The molecule has 0 rings (SSSR count). The van der Waals surface area contributed by atoms with E-state index in [2.05, 4.69) is 50.4 Å². The lowest BCUT2D eigenvalue weighted by Crippen LogP contribution is -2.47. The van der Waals surface area contributed by atoms with Gasteiger partial charge in [0.1, 0.15) is 19.3 Å². The van der Waals surface area contributed by atoms with Crippen LogP contribution < -0.4 is 5.32 Å². The molecule has 3 unspecified atom stereocenters. The number of esters is 1. The lowest BCUT2D eigenvalue weighted by molar-refractivity contribution is -0.870. The van der Waals surface area contributed by atoms with Crippen LogP contribution in [0, 0.1) is 0 Å². The van der Waals surface area contributed by atoms with E-state index in [0.717, 1.165) is 77.0 Å². The average molecular weight is 1180 g/mol. The largest absolute Gasteiger partial charge is 0.472 e. The number of rotatable bonds is 66. The molecule has 484 valence electrons. The number of amides is 1. The molecule has 82 heavy (non-hydrogen) atoms. The van der Waals surface area contributed by atoms with Crippen LogP contribution in [0.1, 0.15) is 361 Å². The molecule has 0 saturated heterocycles. The first kappa shape index (κ1) is 80.2. The summed E-state index contributed by atoms with van der Waals surface area (Å²) < 4.78 is 30.8. The number of unbranched alkanes of at least 4 members (excludes halogenated alkanes) is 46. The van der Waals surface area contributed by atoms with Crippen molar-refractivity contribution in [3.05, 3.63) is 36.5 Å². The van der Waals surface area contributed by atoms with Crippen LogP contribution in [0.5, 0.6) is 0 Å². The third-order valence-corrected chi connectivity index (χ3v) is 17.3. The summed E-state index contributed by atoms with van der Waals surface area (Å²) >= 11 is 0. The first-order valence-electron chi connectivity index (χ1n) is 35.8. The summed E-state index contributed by atoms with van der Waals surface area (Å²) in [6.07, 6.45) is 77.4. The highest BCUT2D eigenvalue weighted by molar-refractivity contribution is 7.47. The average Bonchev–Trinajstić information content (AvgIpc) is 3.44. The number of hydrogen-bond donors (Lipinski definition) is 2. The zero-order chi connectivity index (χ0) is 60.0. The van der Waals surface area contributed by atoms with E-state index in [1.807, 2.05) is 33.3 Å². The van der Waals surface area contributed by atoms with Gasteiger partial charge >= 0.3 is 13.8 Å². The number of carbonyl (C=O) groups is 2. The van der Waals surface area contributed by atoms with E-state index in [9.17, 15) is 19.0 Å². The Kier molecular flexibility index (Phi) is 60.9. The molecule has 10 heteroatoms. The fraction of sp³-hybridized carbons (Fsp3) is 0.889. The summed E-state index contributed by atoms with van der Waals surface area (Å²) in [5.41, 5.74) is 0. The van der Waals surface area contributed by atoms with E-state index in [-0.39, 0.29) is 31.5 Å². The molecule has 0 heterocycles. The van der Waals surface area contributed by atoms with Gasteiger partial charge < -0.3 is 19.4 Å². The maximum Gasteiger partial charge on any atom is 0.472 e. The first-order valence-corrected chi connectivity index (χ1v) is 37.3. The summed E-state index contributed by atoms with van der Waals surface area (Å²) in [7, 11) is 1.51. The van der Waals surface area contributed by atoms with Gasteiger partial charge in [0.2, 0.25) is 5.91 Å². The third kappa shape index (κ3) is 62.8. The first-order chi connectivity index (χ1) is 39.9. The second kappa shape index (κ2) is 62.3. The van der Waals surface area contributed by atoms with Crippen LogP contribution in [0.15, 0.2) is 36.5 Å². The van der Waals surface area contributed by atoms with Gasteiger partial charge in [-0.25, -0.2) is 4.57 Å². The molecule has 2 N–H and O–H groups in total. The van der Waals surface area contributed by atoms with Crippen molar-refractivity contribution in [2.24, 2.45) is 0 Å². The van der Waals surface area contributed by atoms with E-state index in [1.165, 1.54) is 250 Å². The summed E-state index contributed by atoms with van der Waals surface area (Å²) in [4.78, 5) is 37.9. The van der Waals surface area contributed by atoms with Crippen LogP contribution in [0.25, 0.3) is 0 Å². The molecule has 0 aliphatic carbocycles. The summed E-state index contributed by atoms with van der Waals surface area (Å²) in [5.74, 6) is -0.496. The predicted molar refractivity (Wildman–Crippen MR) is 356 cm³/mol. The Balaban J connectivity index is 4.97. The van der Waals surface area contributed by atoms with Gasteiger partial charge in [-0.2, -0.15) is 0 Å². The molecule has 0 aromatic rings. The molecule has 0 radical (unpaired) electrons. The molecule has 0 aromatic heterocycles. The number of nitrogens with zero attached hydrogens (tertiary/aromatic N) is 1. The number of ether oxygens (including phenoxy) is 1. The normalized spacial score (nSPS) is 13.7. The minimum absolute atomic E-state index is 0.0415. The van der Waals surface area contributed by atoms with Crippen LogP contribution in [-0.4, -0.2) is 74.3 Å².